The number of methoxy groups -OCH3 is 1. The van der Waals surface area contributed by atoms with Crippen LogP contribution < -0.4 is 19.9 Å². The molecular formula is C25H21BrN2O4. The summed E-state index contributed by atoms with van der Waals surface area (Å²) in [6, 6.07) is 20.5. The quantitative estimate of drug-likeness (QED) is 0.396. The summed E-state index contributed by atoms with van der Waals surface area (Å²) in [5, 5.41) is 1.24. The first kappa shape index (κ1) is 21.6. The van der Waals surface area contributed by atoms with Crippen LogP contribution in [0.4, 0.5) is 5.69 Å². The highest BCUT2D eigenvalue weighted by atomic mass is 79.9. The molecule has 6 nitrogen and oxygen atoms in total. The number of para-hydroxylation sites is 1. The number of hydrogen-bond donors (Lipinski definition) is 1. The highest BCUT2D eigenvalue weighted by Gasteiger charge is 2.34. The van der Waals surface area contributed by atoms with Gasteiger partial charge < -0.3 is 9.47 Å². The van der Waals surface area contributed by atoms with Gasteiger partial charge in [-0.2, -0.15) is 0 Å². The Labute approximate surface area is 194 Å². The third-order valence-corrected chi connectivity index (χ3v) is 5.56. The first-order chi connectivity index (χ1) is 15.5. The minimum atomic E-state index is -0.464. The summed E-state index contributed by atoms with van der Waals surface area (Å²) in [5.74, 6) is 0.150. The number of benzene rings is 3. The van der Waals surface area contributed by atoms with Gasteiger partial charge in [0, 0.05) is 0 Å². The van der Waals surface area contributed by atoms with Crippen LogP contribution in [0.15, 0.2) is 76.8 Å². The fourth-order valence-electron chi connectivity index (χ4n) is 3.29. The van der Waals surface area contributed by atoms with Crippen molar-refractivity contribution in [2.75, 3.05) is 12.1 Å². The van der Waals surface area contributed by atoms with Gasteiger partial charge in [-0.1, -0.05) is 48.0 Å². The fraction of sp³-hybridized carbons (Fsp3) is 0.120. The topological polar surface area (TPSA) is 67.9 Å². The van der Waals surface area contributed by atoms with Crippen LogP contribution >= 0.6 is 15.9 Å². The average molecular weight is 493 g/mol. The van der Waals surface area contributed by atoms with Crippen molar-refractivity contribution in [1.82, 2.24) is 5.43 Å². The van der Waals surface area contributed by atoms with E-state index in [9.17, 15) is 9.59 Å². The second kappa shape index (κ2) is 9.28. The molecule has 32 heavy (non-hydrogen) atoms. The maximum absolute atomic E-state index is 12.8. The van der Waals surface area contributed by atoms with Crippen LogP contribution in [-0.4, -0.2) is 18.9 Å². The molecule has 2 amide bonds. The van der Waals surface area contributed by atoms with Gasteiger partial charge in [-0.15, -0.1) is 0 Å². The number of ether oxygens (including phenoxy) is 2. The minimum Gasteiger partial charge on any atom is -0.493 e. The molecule has 7 heteroatoms. The Morgan fingerprint density at radius 3 is 2.44 bits per heavy atom. The van der Waals surface area contributed by atoms with Crippen molar-refractivity contribution in [3.05, 3.63) is 93.5 Å². The third kappa shape index (κ3) is 4.53. The molecule has 0 bridgehead atoms. The molecule has 1 saturated heterocycles. The number of hydrogen-bond acceptors (Lipinski definition) is 4. The number of hydrazine groups is 1. The second-order valence-electron chi connectivity index (χ2n) is 7.28. The summed E-state index contributed by atoms with van der Waals surface area (Å²) in [6.07, 6.45) is 1.54. The molecule has 162 valence electrons. The third-order valence-electron chi connectivity index (χ3n) is 4.97. The average Bonchev–Trinajstić information content (AvgIpc) is 3.08. The van der Waals surface area contributed by atoms with Crippen molar-refractivity contribution in [3.8, 4) is 11.5 Å². The van der Waals surface area contributed by atoms with Crippen molar-refractivity contribution < 1.29 is 19.1 Å². The summed E-state index contributed by atoms with van der Waals surface area (Å²) in [7, 11) is 1.54. The van der Waals surface area contributed by atoms with Gasteiger partial charge in [0.1, 0.15) is 12.2 Å². The smallest absolute Gasteiger partial charge is 0.282 e. The Hall–Kier alpha value is -3.58. The predicted octanol–water partition coefficient (Wildman–Crippen LogP) is 4.81. The Morgan fingerprint density at radius 2 is 1.75 bits per heavy atom. The van der Waals surface area contributed by atoms with Crippen molar-refractivity contribution in [3.63, 3.8) is 0 Å². The summed E-state index contributed by atoms with van der Waals surface area (Å²) < 4.78 is 12.1. The number of halogens is 1. The molecule has 0 aliphatic carbocycles. The van der Waals surface area contributed by atoms with Gasteiger partial charge >= 0.3 is 0 Å². The largest absolute Gasteiger partial charge is 0.493 e. The number of nitrogens with one attached hydrogen (secondary N) is 1. The van der Waals surface area contributed by atoms with E-state index in [1.165, 1.54) is 16.6 Å². The number of aryl methyl sites for hydroxylation is 1. The minimum absolute atomic E-state index is 0.0381. The van der Waals surface area contributed by atoms with Gasteiger partial charge in [0.2, 0.25) is 0 Å². The molecule has 1 aliphatic rings. The van der Waals surface area contributed by atoms with Gasteiger partial charge in [0.05, 0.1) is 17.3 Å². The van der Waals surface area contributed by atoms with Crippen LogP contribution in [0, 0.1) is 6.92 Å². The molecule has 0 radical (unpaired) electrons. The number of nitrogens with zero attached hydrogens (tertiary/aromatic N) is 1. The molecule has 3 aromatic carbocycles. The molecule has 1 N–H and O–H groups in total. The Kier molecular flexibility index (Phi) is 6.28. The maximum atomic E-state index is 12.8. The normalized spacial score (nSPS) is 14.6. The zero-order valence-electron chi connectivity index (χ0n) is 17.6. The molecule has 0 atom stereocenters. The van der Waals surface area contributed by atoms with Gasteiger partial charge in [0.25, 0.3) is 11.8 Å². The number of anilines is 1. The molecule has 4 rings (SSSR count). The molecule has 1 heterocycles. The van der Waals surface area contributed by atoms with Gasteiger partial charge in [0.15, 0.2) is 11.5 Å². The first-order valence-corrected chi connectivity index (χ1v) is 10.7. The summed E-state index contributed by atoms with van der Waals surface area (Å²) in [5.41, 5.74) is 6.07. The number of amides is 2. The van der Waals surface area contributed by atoms with Crippen LogP contribution in [0.25, 0.3) is 6.08 Å². The Bertz CT molecular complexity index is 1190. The molecule has 1 aliphatic heterocycles. The van der Waals surface area contributed by atoms with E-state index in [0.717, 1.165) is 5.56 Å². The standard InChI is InChI=1S/C25H21BrN2O4/c1-16-8-10-17(11-9-16)15-32-23-21(26)13-18(14-22(23)31-2)12-20-24(29)27-28(25(20)30)19-6-4-3-5-7-19/h3-14H,15H2,1-2H3,(H,27,29)/b20-12-. The van der Waals surface area contributed by atoms with Crippen molar-refractivity contribution in [1.29, 1.82) is 0 Å². The van der Waals surface area contributed by atoms with Crippen molar-refractivity contribution in [2.45, 2.75) is 13.5 Å². The Morgan fingerprint density at radius 1 is 1.03 bits per heavy atom. The van der Waals surface area contributed by atoms with E-state index >= 15 is 0 Å². The van der Waals surface area contributed by atoms with E-state index < -0.39 is 11.8 Å². The number of carbonyl (C=O) groups excluding carboxylic acids is 2. The van der Waals surface area contributed by atoms with Crippen molar-refractivity contribution in [2.24, 2.45) is 0 Å². The molecule has 0 aromatic heterocycles. The zero-order valence-corrected chi connectivity index (χ0v) is 19.2. The van der Waals surface area contributed by atoms with Crippen LogP contribution in [0.1, 0.15) is 16.7 Å². The molecule has 0 saturated carbocycles. The van der Waals surface area contributed by atoms with E-state index in [-0.39, 0.29) is 5.57 Å². The van der Waals surface area contributed by atoms with Gasteiger partial charge in [-0.05, 0) is 64.3 Å². The highest BCUT2D eigenvalue weighted by molar-refractivity contribution is 9.10. The lowest BCUT2D eigenvalue weighted by Gasteiger charge is -2.14. The van der Waals surface area contributed by atoms with Crippen LogP contribution in [-0.2, 0) is 16.2 Å². The monoisotopic (exact) mass is 492 g/mol. The number of carbonyl (C=O) groups is 2. The van der Waals surface area contributed by atoms with E-state index in [1.807, 2.05) is 37.3 Å². The highest BCUT2D eigenvalue weighted by Crippen LogP contribution is 2.38. The van der Waals surface area contributed by atoms with Crippen LogP contribution in [0.3, 0.4) is 0 Å². The van der Waals surface area contributed by atoms with Crippen LogP contribution in [0.2, 0.25) is 0 Å². The zero-order chi connectivity index (χ0) is 22.7. The molecular weight excluding hydrogens is 472 g/mol. The lowest BCUT2D eigenvalue weighted by Crippen LogP contribution is -2.35. The molecule has 0 unspecified atom stereocenters. The summed E-state index contributed by atoms with van der Waals surface area (Å²) in [6.45, 7) is 2.41. The lowest BCUT2D eigenvalue weighted by molar-refractivity contribution is -0.117. The van der Waals surface area contributed by atoms with E-state index in [4.69, 9.17) is 9.47 Å². The lowest BCUT2D eigenvalue weighted by atomic mass is 10.1. The second-order valence-corrected chi connectivity index (χ2v) is 8.14. The summed E-state index contributed by atoms with van der Waals surface area (Å²) >= 11 is 3.52. The van der Waals surface area contributed by atoms with Gasteiger partial charge in [-0.3, -0.25) is 15.0 Å². The first-order valence-electron chi connectivity index (χ1n) is 9.94. The number of rotatable bonds is 6. The maximum Gasteiger partial charge on any atom is 0.282 e. The molecule has 3 aromatic rings. The van der Waals surface area contributed by atoms with Crippen LogP contribution in [0.5, 0.6) is 11.5 Å². The summed E-state index contributed by atoms with van der Waals surface area (Å²) in [4.78, 5) is 25.3. The SMILES string of the molecule is COc1cc(/C=C2/C(=O)NN(c3ccccc3)C2=O)cc(Br)c1OCc1ccc(C)cc1. The molecule has 1 fully saturated rings. The fourth-order valence-corrected chi connectivity index (χ4v) is 3.86. The van der Waals surface area contributed by atoms with E-state index in [1.54, 1.807) is 43.5 Å². The van der Waals surface area contributed by atoms with Crippen molar-refractivity contribution >= 4 is 39.5 Å². The predicted molar refractivity (Wildman–Crippen MR) is 126 cm³/mol. The van der Waals surface area contributed by atoms with Gasteiger partial charge in [-0.25, -0.2) is 5.01 Å². The van der Waals surface area contributed by atoms with E-state index in [2.05, 4.69) is 21.4 Å². The molecule has 0 spiro atoms. The van der Waals surface area contributed by atoms with E-state index in [0.29, 0.717) is 33.8 Å². The Balaban J connectivity index is 1.58.